The average Bonchev–Trinajstić information content (AvgIpc) is 3.13. The first-order valence-corrected chi connectivity index (χ1v) is 10.9. The highest BCUT2D eigenvalue weighted by molar-refractivity contribution is 6.35. The number of piperazine rings is 1. The van der Waals surface area contributed by atoms with Crippen molar-refractivity contribution in [3.05, 3.63) is 41.7 Å². The second-order valence-corrected chi connectivity index (χ2v) is 7.98. The SMILES string of the molecule is CC.CN1CCN(c2cnc3nc(-c4cc5cn(C)nc5cc4O)cc(Cl)c3c2)CC1. The van der Waals surface area contributed by atoms with Gasteiger partial charge in [-0.3, -0.25) is 4.68 Å². The van der Waals surface area contributed by atoms with Crippen LogP contribution < -0.4 is 4.90 Å². The number of nitrogens with zero attached hydrogens (tertiary/aromatic N) is 6. The minimum atomic E-state index is 0.119. The number of rotatable bonds is 2. The Morgan fingerprint density at radius 3 is 2.48 bits per heavy atom. The van der Waals surface area contributed by atoms with E-state index in [1.807, 2.05) is 39.4 Å². The lowest BCUT2D eigenvalue weighted by Gasteiger charge is -2.33. The van der Waals surface area contributed by atoms with Crippen molar-refractivity contribution in [3.8, 4) is 17.0 Å². The number of likely N-dealkylation sites (N-methyl/N-ethyl adjacent to an activating group) is 1. The third kappa shape index (κ3) is 4.16. The van der Waals surface area contributed by atoms with Crippen LogP contribution in [0.1, 0.15) is 13.8 Å². The summed E-state index contributed by atoms with van der Waals surface area (Å²) in [6, 6.07) is 7.36. The summed E-state index contributed by atoms with van der Waals surface area (Å²) in [5.74, 6) is 0.119. The Kier molecular flexibility index (Phi) is 5.98. The first-order chi connectivity index (χ1) is 15.0. The molecule has 31 heavy (non-hydrogen) atoms. The number of benzene rings is 1. The van der Waals surface area contributed by atoms with Crippen molar-refractivity contribution < 1.29 is 5.11 Å². The van der Waals surface area contributed by atoms with Crippen molar-refractivity contribution in [1.82, 2.24) is 24.6 Å². The molecule has 0 saturated carbocycles. The lowest BCUT2D eigenvalue weighted by atomic mass is 10.1. The van der Waals surface area contributed by atoms with Crippen molar-refractivity contribution in [2.45, 2.75) is 13.8 Å². The van der Waals surface area contributed by atoms with Gasteiger partial charge in [0.05, 0.1) is 28.1 Å². The van der Waals surface area contributed by atoms with Crippen molar-refractivity contribution in [2.24, 2.45) is 7.05 Å². The first kappa shape index (κ1) is 21.3. The molecule has 0 atom stereocenters. The summed E-state index contributed by atoms with van der Waals surface area (Å²) in [5.41, 5.74) is 3.55. The Labute approximate surface area is 186 Å². The van der Waals surface area contributed by atoms with Crippen LogP contribution in [0.5, 0.6) is 5.75 Å². The van der Waals surface area contributed by atoms with Crippen LogP contribution in [-0.4, -0.2) is 63.0 Å². The van der Waals surface area contributed by atoms with Gasteiger partial charge in [-0.1, -0.05) is 25.4 Å². The van der Waals surface area contributed by atoms with Crippen molar-refractivity contribution in [2.75, 3.05) is 38.1 Å². The van der Waals surface area contributed by atoms with E-state index in [1.54, 1.807) is 16.8 Å². The molecule has 7 nitrogen and oxygen atoms in total. The van der Waals surface area contributed by atoms with Crippen LogP contribution in [0.15, 0.2) is 36.7 Å². The van der Waals surface area contributed by atoms with Crippen molar-refractivity contribution in [1.29, 1.82) is 0 Å². The first-order valence-electron chi connectivity index (χ1n) is 10.5. The Hall–Kier alpha value is -2.90. The molecule has 1 N–H and O–H groups in total. The summed E-state index contributed by atoms with van der Waals surface area (Å²) >= 11 is 6.62. The number of aromatic hydroxyl groups is 1. The molecule has 4 heterocycles. The maximum Gasteiger partial charge on any atom is 0.161 e. The quantitative estimate of drug-likeness (QED) is 0.502. The second-order valence-electron chi connectivity index (χ2n) is 7.58. The predicted octanol–water partition coefficient (Wildman–Crippen LogP) is 4.32. The molecule has 1 aliphatic rings. The fourth-order valence-corrected chi connectivity index (χ4v) is 4.06. The summed E-state index contributed by atoms with van der Waals surface area (Å²) in [5, 5.41) is 17.1. The standard InChI is InChI=1S/C21H21ClN6O.C2H6/c1-26-3-5-28(6-4-26)14-8-15-17(22)9-19(24-21(15)23-11-14)16-7-13-12-27(2)25-18(13)10-20(16)29;1-2/h7-12,29H,3-6H2,1-2H3;1-2H3. The fraction of sp³-hybridized carbons (Fsp3) is 0.348. The van der Waals surface area contributed by atoms with Gasteiger partial charge >= 0.3 is 0 Å². The largest absolute Gasteiger partial charge is 0.507 e. The molecule has 0 bridgehead atoms. The number of pyridine rings is 2. The van der Waals surface area contributed by atoms with Gasteiger partial charge < -0.3 is 14.9 Å². The molecule has 1 fully saturated rings. The van der Waals surface area contributed by atoms with Crippen LogP contribution in [0.25, 0.3) is 33.2 Å². The molecule has 4 aromatic rings. The molecule has 0 radical (unpaired) electrons. The van der Waals surface area contributed by atoms with E-state index in [0.29, 0.717) is 21.9 Å². The van der Waals surface area contributed by atoms with Crippen LogP contribution in [0.2, 0.25) is 5.02 Å². The maximum atomic E-state index is 10.5. The zero-order chi connectivity index (χ0) is 22.1. The number of phenols is 1. The monoisotopic (exact) mass is 438 g/mol. The van der Waals surface area contributed by atoms with E-state index in [9.17, 15) is 5.11 Å². The predicted molar refractivity (Wildman–Crippen MR) is 127 cm³/mol. The summed E-state index contributed by atoms with van der Waals surface area (Å²) in [4.78, 5) is 13.9. The van der Waals surface area contributed by atoms with Gasteiger partial charge in [0.2, 0.25) is 0 Å². The molecule has 0 spiro atoms. The number of halogens is 1. The normalized spacial score (nSPS) is 14.7. The van der Waals surface area contributed by atoms with Gasteiger partial charge in [-0.25, -0.2) is 9.97 Å². The van der Waals surface area contributed by atoms with Crippen molar-refractivity contribution in [3.63, 3.8) is 0 Å². The smallest absolute Gasteiger partial charge is 0.161 e. The van der Waals surface area contributed by atoms with E-state index in [1.165, 1.54) is 0 Å². The van der Waals surface area contributed by atoms with E-state index >= 15 is 0 Å². The van der Waals surface area contributed by atoms with E-state index in [4.69, 9.17) is 11.6 Å². The van der Waals surface area contributed by atoms with Gasteiger partial charge in [0.15, 0.2) is 5.65 Å². The second kappa shape index (κ2) is 8.69. The van der Waals surface area contributed by atoms with E-state index in [2.05, 4.69) is 38.0 Å². The Balaban J connectivity index is 0.00000112. The molecule has 8 heteroatoms. The highest BCUT2D eigenvalue weighted by Gasteiger charge is 2.17. The van der Waals surface area contributed by atoms with Crippen LogP contribution in [0.4, 0.5) is 5.69 Å². The van der Waals surface area contributed by atoms with Crippen LogP contribution >= 0.6 is 11.6 Å². The molecule has 5 rings (SSSR count). The summed E-state index contributed by atoms with van der Waals surface area (Å²) in [7, 11) is 3.99. The van der Waals surface area contributed by atoms with E-state index < -0.39 is 0 Å². The van der Waals surface area contributed by atoms with Gasteiger partial charge in [-0.15, -0.1) is 0 Å². The minimum absolute atomic E-state index is 0.119. The van der Waals surface area contributed by atoms with E-state index in [0.717, 1.165) is 48.2 Å². The number of hydrogen-bond donors (Lipinski definition) is 1. The van der Waals surface area contributed by atoms with Gasteiger partial charge in [-0.2, -0.15) is 5.10 Å². The highest BCUT2D eigenvalue weighted by Crippen LogP contribution is 2.35. The lowest BCUT2D eigenvalue weighted by Crippen LogP contribution is -2.44. The van der Waals surface area contributed by atoms with Crippen LogP contribution in [-0.2, 0) is 7.05 Å². The molecular formula is C23H27ClN6O. The summed E-state index contributed by atoms with van der Waals surface area (Å²) < 4.78 is 1.72. The Morgan fingerprint density at radius 2 is 1.74 bits per heavy atom. The number of hydrogen-bond acceptors (Lipinski definition) is 6. The highest BCUT2D eigenvalue weighted by atomic mass is 35.5. The molecule has 0 amide bonds. The van der Waals surface area contributed by atoms with Crippen molar-refractivity contribution >= 4 is 39.2 Å². The van der Waals surface area contributed by atoms with E-state index in [-0.39, 0.29) is 5.75 Å². The molecule has 162 valence electrons. The summed E-state index contributed by atoms with van der Waals surface area (Å²) in [6.07, 6.45) is 3.76. The summed E-state index contributed by atoms with van der Waals surface area (Å²) in [6.45, 7) is 7.98. The van der Waals surface area contributed by atoms with Gasteiger partial charge in [-0.05, 0) is 25.2 Å². The molecule has 0 aliphatic carbocycles. The third-order valence-electron chi connectivity index (χ3n) is 5.48. The molecular weight excluding hydrogens is 412 g/mol. The number of fused-ring (bicyclic) bond motifs is 2. The third-order valence-corrected chi connectivity index (χ3v) is 5.79. The topological polar surface area (TPSA) is 70.3 Å². The Bertz CT molecular complexity index is 1230. The Morgan fingerprint density at radius 1 is 1.00 bits per heavy atom. The zero-order valence-electron chi connectivity index (χ0n) is 18.3. The zero-order valence-corrected chi connectivity index (χ0v) is 19.1. The molecule has 0 unspecified atom stereocenters. The lowest BCUT2D eigenvalue weighted by molar-refractivity contribution is 0.313. The molecule has 1 saturated heterocycles. The molecule has 1 aromatic carbocycles. The average molecular weight is 439 g/mol. The van der Waals surface area contributed by atoms with Gasteiger partial charge in [0, 0.05) is 61.8 Å². The molecule has 1 aliphatic heterocycles. The maximum absolute atomic E-state index is 10.5. The number of aryl methyl sites for hydroxylation is 1. The van der Waals surface area contributed by atoms with Crippen LogP contribution in [0, 0.1) is 0 Å². The van der Waals surface area contributed by atoms with Gasteiger partial charge in [0.25, 0.3) is 0 Å². The number of phenolic OH excluding ortho intramolecular Hbond substituents is 1. The number of aromatic nitrogens is 4. The van der Waals surface area contributed by atoms with Crippen LogP contribution in [0.3, 0.4) is 0 Å². The fourth-order valence-electron chi connectivity index (χ4n) is 3.82. The number of anilines is 1. The minimum Gasteiger partial charge on any atom is -0.507 e. The molecule has 3 aromatic heterocycles. The van der Waals surface area contributed by atoms with Gasteiger partial charge in [0.1, 0.15) is 5.75 Å².